The molecule has 0 fully saturated rings. The number of aliphatic imine (C=N–C) groups is 2. The molecule has 0 unspecified atom stereocenters. The highest BCUT2D eigenvalue weighted by Gasteiger charge is 2.30. The van der Waals surface area contributed by atoms with Crippen LogP contribution in [-0.2, 0) is 9.53 Å². The number of ether oxygens (including phenoxy) is 1. The Bertz CT molecular complexity index is 323. The average molecular weight is 226 g/mol. The van der Waals surface area contributed by atoms with Gasteiger partial charge in [0.1, 0.15) is 5.25 Å². The molecule has 4 nitrogen and oxygen atoms in total. The predicted molar refractivity (Wildman–Crippen MR) is 63.6 cm³/mol. The molecule has 0 saturated carbocycles. The second-order valence-corrected chi connectivity index (χ2v) is 3.99. The molecule has 5 heteroatoms. The van der Waals surface area contributed by atoms with Gasteiger partial charge in [0, 0.05) is 5.71 Å². The standard InChI is InChI=1S/C10H14N2O2S/c1-4-6-11-10-12-7(3)8(15-10)9(13)14-5-2/h4,8H,1,5-6H2,2-3H3/t8-/m1/s1. The molecular weight excluding hydrogens is 212 g/mol. The summed E-state index contributed by atoms with van der Waals surface area (Å²) in [6.45, 7) is 8.08. The van der Waals surface area contributed by atoms with Crippen molar-refractivity contribution in [1.29, 1.82) is 0 Å². The molecule has 1 aliphatic heterocycles. The second kappa shape index (κ2) is 5.70. The van der Waals surface area contributed by atoms with E-state index in [2.05, 4.69) is 16.6 Å². The third-order valence-electron chi connectivity index (χ3n) is 1.73. The van der Waals surface area contributed by atoms with Gasteiger partial charge in [-0.25, -0.2) is 4.99 Å². The maximum Gasteiger partial charge on any atom is 0.325 e. The summed E-state index contributed by atoms with van der Waals surface area (Å²) in [6.07, 6.45) is 1.69. The molecule has 0 saturated heterocycles. The molecular formula is C10H14N2O2S. The number of esters is 1. The molecule has 0 N–H and O–H groups in total. The molecule has 0 aliphatic carbocycles. The maximum atomic E-state index is 11.5. The number of nitrogens with zero attached hydrogens (tertiary/aromatic N) is 2. The van der Waals surface area contributed by atoms with Crippen molar-refractivity contribution in [2.45, 2.75) is 19.1 Å². The van der Waals surface area contributed by atoms with Gasteiger partial charge < -0.3 is 4.74 Å². The Kier molecular flexibility index (Phi) is 4.55. The van der Waals surface area contributed by atoms with Crippen molar-refractivity contribution in [3.8, 4) is 0 Å². The zero-order valence-corrected chi connectivity index (χ0v) is 9.71. The molecule has 0 aromatic carbocycles. The molecule has 0 bridgehead atoms. The lowest BCUT2D eigenvalue weighted by molar-refractivity contribution is -0.141. The van der Waals surface area contributed by atoms with Crippen molar-refractivity contribution < 1.29 is 9.53 Å². The fraction of sp³-hybridized carbons (Fsp3) is 0.500. The van der Waals surface area contributed by atoms with E-state index in [0.29, 0.717) is 18.3 Å². The topological polar surface area (TPSA) is 51.0 Å². The van der Waals surface area contributed by atoms with E-state index >= 15 is 0 Å². The van der Waals surface area contributed by atoms with Crippen LogP contribution in [0.25, 0.3) is 0 Å². The van der Waals surface area contributed by atoms with Crippen molar-refractivity contribution in [2.24, 2.45) is 9.98 Å². The number of carbonyl (C=O) groups excluding carboxylic acids is 1. The highest BCUT2D eigenvalue weighted by molar-refractivity contribution is 8.16. The van der Waals surface area contributed by atoms with E-state index in [4.69, 9.17) is 4.74 Å². The normalized spacial score (nSPS) is 22.7. The van der Waals surface area contributed by atoms with Crippen LogP contribution in [0.3, 0.4) is 0 Å². The van der Waals surface area contributed by atoms with Crippen LogP contribution in [0.15, 0.2) is 22.6 Å². The summed E-state index contributed by atoms with van der Waals surface area (Å²) in [5.74, 6) is -0.243. The Morgan fingerprint density at radius 3 is 3.13 bits per heavy atom. The molecule has 1 rings (SSSR count). The van der Waals surface area contributed by atoms with Crippen LogP contribution in [-0.4, -0.2) is 35.3 Å². The van der Waals surface area contributed by atoms with Crippen molar-refractivity contribution in [2.75, 3.05) is 13.2 Å². The number of hydrogen-bond donors (Lipinski definition) is 0. The van der Waals surface area contributed by atoms with Gasteiger partial charge in [0.2, 0.25) is 0 Å². The minimum Gasteiger partial charge on any atom is -0.465 e. The summed E-state index contributed by atoms with van der Waals surface area (Å²) in [5.41, 5.74) is 0.751. The van der Waals surface area contributed by atoms with Crippen LogP contribution in [0.4, 0.5) is 0 Å². The molecule has 15 heavy (non-hydrogen) atoms. The first kappa shape index (κ1) is 12.0. The summed E-state index contributed by atoms with van der Waals surface area (Å²) in [7, 11) is 0. The van der Waals surface area contributed by atoms with Crippen LogP contribution >= 0.6 is 11.8 Å². The summed E-state index contributed by atoms with van der Waals surface area (Å²) >= 11 is 1.33. The van der Waals surface area contributed by atoms with Crippen LogP contribution in [0.1, 0.15) is 13.8 Å². The monoisotopic (exact) mass is 226 g/mol. The molecule has 82 valence electrons. The first-order valence-corrected chi connectivity index (χ1v) is 5.60. The molecule has 1 aliphatic rings. The molecule has 0 amide bonds. The maximum absolute atomic E-state index is 11.5. The summed E-state index contributed by atoms with van der Waals surface area (Å²) in [4.78, 5) is 19.8. The highest BCUT2D eigenvalue weighted by Crippen LogP contribution is 2.24. The first-order chi connectivity index (χ1) is 7.19. The van der Waals surface area contributed by atoms with E-state index in [9.17, 15) is 4.79 Å². The molecule has 0 aromatic heterocycles. The minimum absolute atomic E-state index is 0.243. The Morgan fingerprint density at radius 1 is 1.80 bits per heavy atom. The Hall–Kier alpha value is -1.10. The van der Waals surface area contributed by atoms with E-state index in [1.165, 1.54) is 11.8 Å². The largest absolute Gasteiger partial charge is 0.465 e. The van der Waals surface area contributed by atoms with Crippen molar-refractivity contribution >= 4 is 28.6 Å². The lowest BCUT2D eigenvalue weighted by Crippen LogP contribution is -2.24. The van der Waals surface area contributed by atoms with E-state index in [1.54, 1.807) is 13.0 Å². The predicted octanol–water partition coefficient (Wildman–Crippen LogP) is 1.67. The molecule has 0 aromatic rings. The zero-order chi connectivity index (χ0) is 11.3. The molecule has 0 spiro atoms. The van der Waals surface area contributed by atoms with Gasteiger partial charge >= 0.3 is 5.97 Å². The Balaban J connectivity index is 2.63. The number of thioether (sulfide) groups is 1. The van der Waals surface area contributed by atoms with Gasteiger partial charge in [-0.05, 0) is 13.8 Å². The fourth-order valence-corrected chi connectivity index (χ4v) is 2.02. The van der Waals surface area contributed by atoms with Gasteiger partial charge in [0.05, 0.1) is 13.2 Å². The highest BCUT2D eigenvalue weighted by atomic mass is 32.2. The van der Waals surface area contributed by atoms with Crippen LogP contribution < -0.4 is 0 Å². The van der Waals surface area contributed by atoms with Gasteiger partial charge in [-0.1, -0.05) is 17.8 Å². The third-order valence-corrected chi connectivity index (χ3v) is 2.93. The van der Waals surface area contributed by atoms with E-state index in [-0.39, 0.29) is 11.2 Å². The van der Waals surface area contributed by atoms with Gasteiger partial charge in [-0.15, -0.1) is 6.58 Å². The third kappa shape index (κ3) is 3.20. The molecule has 1 atom stereocenters. The Labute approximate surface area is 93.5 Å². The summed E-state index contributed by atoms with van der Waals surface area (Å²) in [5, 5.41) is 0.305. The average Bonchev–Trinajstić information content (AvgIpc) is 2.57. The van der Waals surface area contributed by atoms with Crippen LogP contribution in [0.2, 0.25) is 0 Å². The summed E-state index contributed by atoms with van der Waals surface area (Å²) < 4.78 is 4.93. The smallest absolute Gasteiger partial charge is 0.325 e. The van der Waals surface area contributed by atoms with Gasteiger partial charge in [-0.3, -0.25) is 9.79 Å². The first-order valence-electron chi connectivity index (χ1n) is 4.72. The quantitative estimate of drug-likeness (QED) is 0.541. The van der Waals surface area contributed by atoms with Crippen LogP contribution in [0.5, 0.6) is 0 Å². The lowest BCUT2D eigenvalue weighted by Gasteiger charge is -2.06. The van der Waals surface area contributed by atoms with E-state index in [1.807, 2.05) is 6.92 Å². The summed E-state index contributed by atoms with van der Waals surface area (Å²) in [6, 6.07) is 0. The number of amidine groups is 1. The van der Waals surface area contributed by atoms with Crippen molar-refractivity contribution in [3.05, 3.63) is 12.7 Å². The fourth-order valence-electron chi connectivity index (χ4n) is 1.08. The lowest BCUT2D eigenvalue weighted by atomic mass is 10.3. The van der Waals surface area contributed by atoms with Gasteiger partial charge in [0.15, 0.2) is 5.17 Å². The second-order valence-electron chi connectivity index (χ2n) is 2.92. The molecule has 0 radical (unpaired) electrons. The number of hydrogen-bond acceptors (Lipinski definition) is 4. The van der Waals surface area contributed by atoms with Crippen LogP contribution in [0, 0.1) is 0 Å². The Morgan fingerprint density at radius 2 is 2.53 bits per heavy atom. The number of carbonyl (C=O) groups is 1. The minimum atomic E-state index is -0.325. The molecule has 1 heterocycles. The van der Waals surface area contributed by atoms with E-state index < -0.39 is 0 Å². The van der Waals surface area contributed by atoms with Gasteiger partial charge in [-0.2, -0.15) is 0 Å². The zero-order valence-electron chi connectivity index (χ0n) is 8.90. The SMILES string of the molecule is C=CCN=C1N=C(C)[C@H](C(=O)OCC)S1. The number of rotatable bonds is 4. The van der Waals surface area contributed by atoms with E-state index in [0.717, 1.165) is 5.71 Å². The van der Waals surface area contributed by atoms with Crippen molar-refractivity contribution in [1.82, 2.24) is 0 Å². The van der Waals surface area contributed by atoms with Gasteiger partial charge in [0.25, 0.3) is 0 Å². The van der Waals surface area contributed by atoms with Crippen molar-refractivity contribution in [3.63, 3.8) is 0 Å².